The van der Waals surface area contributed by atoms with Crippen molar-refractivity contribution in [1.29, 1.82) is 0 Å². The van der Waals surface area contributed by atoms with E-state index in [9.17, 15) is 4.79 Å². The van der Waals surface area contributed by atoms with Crippen molar-refractivity contribution in [2.24, 2.45) is 0 Å². The Hall–Kier alpha value is -3.51. The Morgan fingerprint density at radius 2 is 1.82 bits per heavy atom. The van der Waals surface area contributed by atoms with Gasteiger partial charge in [0.15, 0.2) is 0 Å². The van der Waals surface area contributed by atoms with E-state index < -0.39 is 5.97 Å². The number of carboxylic acids is 1. The lowest BCUT2D eigenvalue weighted by Crippen LogP contribution is -2.09. The number of hydrogen-bond acceptors (Lipinski definition) is 5. The van der Waals surface area contributed by atoms with Gasteiger partial charge in [0.2, 0.25) is 0 Å². The molecule has 0 saturated heterocycles. The lowest BCUT2D eigenvalue weighted by Gasteiger charge is -2.14. The minimum absolute atomic E-state index is 0.134. The summed E-state index contributed by atoms with van der Waals surface area (Å²) < 4.78 is 6.06. The number of ether oxygens (including phenoxy) is 1. The summed E-state index contributed by atoms with van der Waals surface area (Å²) in [6.07, 6.45) is 2.47. The Balaban J connectivity index is 1.41. The van der Waals surface area contributed by atoms with E-state index in [4.69, 9.17) is 14.8 Å². The van der Waals surface area contributed by atoms with Crippen LogP contribution in [0.3, 0.4) is 0 Å². The van der Waals surface area contributed by atoms with Crippen LogP contribution in [0.1, 0.15) is 41.0 Å². The number of carboxylic acid groups (broad SMARTS) is 1. The minimum atomic E-state index is -0.782. The molecule has 0 saturated carbocycles. The first kappa shape index (κ1) is 23.6. The van der Waals surface area contributed by atoms with Crippen LogP contribution in [0.5, 0.6) is 5.75 Å². The normalized spacial score (nSPS) is 11.9. The first-order chi connectivity index (χ1) is 16.4. The van der Waals surface area contributed by atoms with Crippen LogP contribution < -0.4 is 4.74 Å². The highest BCUT2D eigenvalue weighted by molar-refractivity contribution is 7.15. The van der Waals surface area contributed by atoms with E-state index in [-0.39, 0.29) is 12.3 Å². The second-order valence-electron chi connectivity index (χ2n) is 8.45. The molecule has 2 aromatic carbocycles. The predicted octanol–water partition coefficient (Wildman–Crippen LogP) is 6.69. The number of carbonyl (C=O) groups is 1. The van der Waals surface area contributed by atoms with E-state index in [2.05, 4.69) is 43.1 Å². The van der Waals surface area contributed by atoms with Crippen LogP contribution in [0.15, 0.2) is 66.9 Å². The quantitative estimate of drug-likeness (QED) is 0.294. The van der Waals surface area contributed by atoms with Crippen LogP contribution in [0.4, 0.5) is 0 Å². The Morgan fingerprint density at radius 1 is 1.06 bits per heavy atom. The Kier molecular flexibility index (Phi) is 7.38. The average Bonchev–Trinajstić information content (AvgIpc) is 3.24. The van der Waals surface area contributed by atoms with Gasteiger partial charge in [-0.2, -0.15) is 0 Å². The van der Waals surface area contributed by atoms with Crippen LogP contribution >= 0.6 is 11.3 Å². The Bertz CT molecular complexity index is 1270. The van der Waals surface area contributed by atoms with Crippen LogP contribution in [0.25, 0.3) is 21.8 Å². The second-order valence-corrected chi connectivity index (χ2v) is 9.65. The van der Waals surface area contributed by atoms with Gasteiger partial charge < -0.3 is 9.84 Å². The molecule has 174 valence electrons. The van der Waals surface area contributed by atoms with E-state index >= 15 is 0 Å². The first-order valence-electron chi connectivity index (χ1n) is 11.3. The van der Waals surface area contributed by atoms with Crippen LogP contribution in [0, 0.1) is 13.8 Å². The van der Waals surface area contributed by atoms with Gasteiger partial charge in [-0.05, 0) is 55.7 Å². The fourth-order valence-corrected chi connectivity index (χ4v) is 4.93. The predicted molar refractivity (Wildman–Crippen MR) is 137 cm³/mol. The maximum atomic E-state index is 10.8. The number of aliphatic carboxylic acids is 1. The molecule has 34 heavy (non-hydrogen) atoms. The molecule has 1 atom stereocenters. The third-order valence-electron chi connectivity index (χ3n) is 5.81. The zero-order valence-corrected chi connectivity index (χ0v) is 20.4. The van der Waals surface area contributed by atoms with E-state index in [1.165, 1.54) is 4.88 Å². The minimum Gasteiger partial charge on any atom is -0.493 e. The largest absolute Gasteiger partial charge is 0.493 e. The van der Waals surface area contributed by atoms with Crippen molar-refractivity contribution in [1.82, 2.24) is 9.97 Å². The summed E-state index contributed by atoms with van der Waals surface area (Å²) in [5.41, 5.74) is 6.29. The molecular formula is C28H28N2O3S. The molecule has 0 aliphatic heterocycles. The van der Waals surface area contributed by atoms with Crippen molar-refractivity contribution < 1.29 is 14.6 Å². The summed E-state index contributed by atoms with van der Waals surface area (Å²) in [6.45, 7) is 6.75. The molecule has 4 rings (SSSR count). The van der Waals surface area contributed by atoms with E-state index in [1.54, 1.807) is 17.5 Å². The molecule has 2 aromatic heterocycles. The molecule has 0 aliphatic carbocycles. The fraction of sp³-hybridized carbons (Fsp3) is 0.250. The molecule has 1 unspecified atom stereocenters. The monoisotopic (exact) mass is 472 g/mol. The molecular weight excluding hydrogens is 444 g/mol. The third kappa shape index (κ3) is 5.69. The molecule has 4 aromatic rings. The zero-order valence-electron chi connectivity index (χ0n) is 19.6. The first-order valence-corrected chi connectivity index (χ1v) is 12.2. The van der Waals surface area contributed by atoms with Gasteiger partial charge in [0.25, 0.3) is 0 Å². The van der Waals surface area contributed by atoms with E-state index in [0.29, 0.717) is 13.0 Å². The number of aromatic nitrogens is 2. The summed E-state index contributed by atoms with van der Waals surface area (Å²) in [5.74, 6) is 0.155. The zero-order chi connectivity index (χ0) is 24.1. The van der Waals surface area contributed by atoms with Gasteiger partial charge >= 0.3 is 5.97 Å². The van der Waals surface area contributed by atoms with Crippen molar-refractivity contribution >= 4 is 17.3 Å². The second kappa shape index (κ2) is 10.6. The molecule has 0 bridgehead atoms. The van der Waals surface area contributed by atoms with E-state index in [0.717, 1.165) is 44.4 Å². The van der Waals surface area contributed by atoms with Crippen LogP contribution in [0.2, 0.25) is 0 Å². The van der Waals surface area contributed by atoms with Gasteiger partial charge in [-0.25, -0.2) is 4.98 Å². The number of benzene rings is 2. The number of pyridine rings is 1. The van der Waals surface area contributed by atoms with Crippen LogP contribution in [-0.2, 0) is 11.2 Å². The topological polar surface area (TPSA) is 72.3 Å². The number of hydrogen-bond donors (Lipinski definition) is 1. The molecule has 2 heterocycles. The summed E-state index contributed by atoms with van der Waals surface area (Å²) in [6, 6.07) is 20.1. The molecule has 5 nitrogen and oxygen atoms in total. The van der Waals surface area contributed by atoms with Crippen molar-refractivity contribution in [2.75, 3.05) is 6.61 Å². The molecule has 0 spiro atoms. The van der Waals surface area contributed by atoms with Crippen molar-refractivity contribution in [3.63, 3.8) is 0 Å². The number of aryl methyl sites for hydroxylation is 3. The molecule has 0 amide bonds. The number of thiazole rings is 1. The maximum Gasteiger partial charge on any atom is 0.303 e. The summed E-state index contributed by atoms with van der Waals surface area (Å²) in [5, 5.41) is 9.90. The highest BCUT2D eigenvalue weighted by Gasteiger charge is 2.17. The molecule has 0 aliphatic rings. The molecule has 0 fully saturated rings. The molecule has 0 radical (unpaired) electrons. The maximum absolute atomic E-state index is 10.8. The lowest BCUT2D eigenvalue weighted by molar-refractivity contribution is -0.136. The van der Waals surface area contributed by atoms with Crippen molar-refractivity contribution in [3.05, 3.63) is 88.6 Å². The smallest absolute Gasteiger partial charge is 0.303 e. The van der Waals surface area contributed by atoms with Crippen LogP contribution in [-0.4, -0.2) is 27.7 Å². The summed E-state index contributed by atoms with van der Waals surface area (Å²) in [7, 11) is 0. The van der Waals surface area contributed by atoms with Crippen molar-refractivity contribution in [2.45, 2.75) is 39.5 Å². The van der Waals surface area contributed by atoms with Gasteiger partial charge in [-0.3, -0.25) is 9.78 Å². The highest BCUT2D eigenvalue weighted by Crippen LogP contribution is 2.32. The molecule has 1 N–H and O–H groups in total. The van der Waals surface area contributed by atoms with Crippen molar-refractivity contribution in [3.8, 4) is 27.6 Å². The van der Waals surface area contributed by atoms with Gasteiger partial charge in [0.1, 0.15) is 10.8 Å². The van der Waals surface area contributed by atoms with Gasteiger partial charge in [-0.15, -0.1) is 11.3 Å². The van der Waals surface area contributed by atoms with Gasteiger partial charge in [0.05, 0.1) is 18.0 Å². The number of nitrogens with zero attached hydrogens (tertiary/aromatic N) is 2. The molecule has 6 heteroatoms. The fourth-order valence-electron chi connectivity index (χ4n) is 3.89. The van der Waals surface area contributed by atoms with E-state index in [1.807, 2.05) is 43.3 Å². The SMILES string of the molecule is Cc1cc(OCC(C)c2nc(-c3ccc(-c4ccccn4)cc3)sc2C)ccc1CCC(=O)O. The standard InChI is InChI=1S/C28H28N2O3S/c1-18-16-24(13-11-21(18)12-14-26(31)32)33-17-19(2)27-20(3)34-28(30-27)23-9-7-22(8-10-23)25-6-4-5-15-29-25/h4-11,13,15-16,19H,12,14,17H2,1-3H3,(H,31,32). The summed E-state index contributed by atoms with van der Waals surface area (Å²) >= 11 is 1.70. The lowest BCUT2D eigenvalue weighted by atomic mass is 10.0. The highest BCUT2D eigenvalue weighted by atomic mass is 32.1. The van der Waals surface area contributed by atoms with Gasteiger partial charge in [-0.1, -0.05) is 43.3 Å². The Morgan fingerprint density at radius 3 is 2.50 bits per heavy atom. The third-order valence-corrected chi connectivity index (χ3v) is 6.85. The van der Waals surface area contributed by atoms with Gasteiger partial charge in [0, 0.05) is 34.5 Å². The summed E-state index contributed by atoms with van der Waals surface area (Å²) in [4.78, 5) is 21.4. The average molecular weight is 473 g/mol. The number of rotatable bonds is 9. The Labute approximate surface area is 204 Å².